The molecule has 0 radical (unpaired) electrons. The molecule has 0 unspecified atom stereocenters. The van der Waals surface area contributed by atoms with Crippen LogP contribution in [0.2, 0.25) is 0 Å². The molecular formula is C44H37ClN8. The first kappa shape index (κ1) is 35.9. The number of nitrogens with one attached hydrogen (secondary N) is 3. The Hall–Kier alpha value is -6.87. The number of hydrogen-bond acceptors (Lipinski definition) is 7. The van der Waals surface area contributed by atoms with Gasteiger partial charge in [-0.2, -0.15) is 4.98 Å². The second kappa shape index (κ2) is 18.4. The third kappa shape index (κ3) is 9.68. The molecule has 5 N–H and O–H groups in total. The average molecular weight is 713 g/mol. The van der Waals surface area contributed by atoms with Gasteiger partial charge in [0.15, 0.2) is 11.6 Å². The molecule has 0 spiro atoms. The van der Waals surface area contributed by atoms with Gasteiger partial charge in [0.25, 0.3) is 5.82 Å². The lowest BCUT2D eigenvalue weighted by atomic mass is 10.0. The Morgan fingerprint density at radius 1 is 0.358 bits per heavy atom. The number of aromatic nitrogens is 4. The molecule has 0 amide bonds. The number of quaternary nitrogens is 1. The molecule has 0 saturated carbocycles. The van der Waals surface area contributed by atoms with E-state index in [-0.39, 0.29) is 12.4 Å². The maximum atomic E-state index is 4.50. The van der Waals surface area contributed by atoms with Crippen LogP contribution in [0.1, 0.15) is 0 Å². The van der Waals surface area contributed by atoms with Gasteiger partial charge in [-0.3, -0.25) is 5.32 Å². The molecule has 2 heterocycles. The molecule has 0 saturated heterocycles. The summed E-state index contributed by atoms with van der Waals surface area (Å²) < 4.78 is 0. The monoisotopic (exact) mass is 712 g/mol. The van der Waals surface area contributed by atoms with Gasteiger partial charge in [0.05, 0.1) is 6.20 Å². The summed E-state index contributed by atoms with van der Waals surface area (Å²) in [5.74, 6) is 2.91. The standard InChI is InChI=1S/2C22H18N4.ClH/c2*1-3-9-17(10-4-1)19-13-7-8-14-20(19)26-22-21(23-15-16-24-22)25-18-11-5-2-6-12-18;/h2*1-16H,(H,23,25)(H,24,26);1H. The van der Waals surface area contributed by atoms with E-state index in [0.717, 1.165) is 56.6 Å². The summed E-state index contributed by atoms with van der Waals surface area (Å²) in [5.41, 5.74) is 8.59. The van der Waals surface area contributed by atoms with E-state index in [1.807, 2.05) is 121 Å². The van der Waals surface area contributed by atoms with Gasteiger partial charge in [-0.25, -0.2) is 15.0 Å². The summed E-state index contributed by atoms with van der Waals surface area (Å²) in [4.78, 5) is 17.9. The third-order valence-electron chi connectivity index (χ3n) is 8.09. The molecule has 260 valence electrons. The maximum absolute atomic E-state index is 4.50. The zero-order chi connectivity index (χ0) is 35.2. The van der Waals surface area contributed by atoms with Crippen LogP contribution in [0.5, 0.6) is 0 Å². The van der Waals surface area contributed by atoms with Crippen molar-refractivity contribution in [3.63, 3.8) is 0 Å². The Morgan fingerprint density at radius 2 is 0.755 bits per heavy atom. The Morgan fingerprint density at radius 3 is 1.30 bits per heavy atom. The van der Waals surface area contributed by atoms with E-state index >= 15 is 0 Å². The molecule has 0 aliphatic rings. The fourth-order valence-corrected chi connectivity index (χ4v) is 5.62. The van der Waals surface area contributed by atoms with Crippen molar-refractivity contribution >= 4 is 46.0 Å². The van der Waals surface area contributed by atoms with Crippen LogP contribution >= 0.6 is 0 Å². The number of anilines is 6. The van der Waals surface area contributed by atoms with Crippen molar-refractivity contribution in [2.24, 2.45) is 0 Å². The minimum atomic E-state index is 0. The fourth-order valence-electron chi connectivity index (χ4n) is 5.62. The molecule has 8 rings (SSSR count). The van der Waals surface area contributed by atoms with E-state index in [1.54, 1.807) is 24.8 Å². The Kier molecular flexibility index (Phi) is 12.5. The number of benzene rings is 6. The number of para-hydroxylation sites is 4. The van der Waals surface area contributed by atoms with Gasteiger partial charge in [0.1, 0.15) is 5.69 Å². The lowest BCUT2D eigenvalue weighted by Crippen LogP contribution is -3.00. The van der Waals surface area contributed by atoms with E-state index in [9.17, 15) is 0 Å². The largest absolute Gasteiger partial charge is 1.00 e. The van der Waals surface area contributed by atoms with Crippen molar-refractivity contribution in [2.75, 3.05) is 16.0 Å². The molecule has 0 aliphatic carbocycles. The average Bonchev–Trinajstić information content (AvgIpc) is 3.21. The topological polar surface area (TPSA) is 104 Å². The van der Waals surface area contributed by atoms with Gasteiger partial charge in [-0.1, -0.05) is 133 Å². The highest BCUT2D eigenvalue weighted by Gasteiger charge is 2.13. The first-order valence-corrected chi connectivity index (χ1v) is 17.0. The smallest absolute Gasteiger partial charge is 0.273 e. The van der Waals surface area contributed by atoms with Crippen molar-refractivity contribution in [1.29, 1.82) is 0 Å². The van der Waals surface area contributed by atoms with Gasteiger partial charge in [0.2, 0.25) is 5.82 Å². The number of halogens is 1. The van der Waals surface area contributed by atoms with Crippen LogP contribution in [0.4, 0.5) is 46.0 Å². The molecule has 0 bridgehead atoms. The summed E-state index contributed by atoms with van der Waals surface area (Å²) >= 11 is 0. The normalized spacial score (nSPS) is 10.2. The highest BCUT2D eigenvalue weighted by atomic mass is 35.5. The van der Waals surface area contributed by atoms with E-state index < -0.39 is 0 Å². The quantitative estimate of drug-likeness (QED) is 0.113. The van der Waals surface area contributed by atoms with E-state index in [2.05, 4.69) is 90.5 Å². The summed E-state index contributed by atoms with van der Waals surface area (Å²) in [5, 5.41) is 12.2. The lowest BCUT2D eigenvalue weighted by Gasteiger charge is -2.14. The van der Waals surface area contributed by atoms with E-state index in [1.165, 1.54) is 0 Å². The van der Waals surface area contributed by atoms with Crippen molar-refractivity contribution < 1.29 is 17.7 Å². The van der Waals surface area contributed by atoms with Crippen LogP contribution < -0.4 is 33.7 Å². The summed E-state index contributed by atoms with van der Waals surface area (Å²) in [6, 6.07) is 57.1. The van der Waals surface area contributed by atoms with E-state index in [0.29, 0.717) is 11.6 Å². The third-order valence-corrected chi connectivity index (χ3v) is 8.09. The number of nitrogens with zero attached hydrogens (tertiary/aromatic N) is 4. The molecule has 9 heteroatoms. The molecule has 2 aromatic heterocycles. The first-order valence-electron chi connectivity index (χ1n) is 17.0. The molecule has 0 fully saturated rings. The van der Waals surface area contributed by atoms with Gasteiger partial charge in [-0.05, 0) is 47.5 Å². The highest BCUT2D eigenvalue weighted by molar-refractivity contribution is 5.83. The SMILES string of the molecule is [Cl-].c1ccc(Nc2nccnc2Nc2ccccc2-c2ccccc2)cc1.c1ccc([NH2+]c2nccnc2Nc2ccccc2-c2ccccc2)cc1. The summed E-state index contributed by atoms with van der Waals surface area (Å²) in [6.45, 7) is 0. The van der Waals surface area contributed by atoms with Crippen molar-refractivity contribution in [1.82, 2.24) is 19.9 Å². The maximum Gasteiger partial charge on any atom is 0.273 e. The first-order chi connectivity index (χ1) is 25.8. The minimum absolute atomic E-state index is 0. The number of hydrogen-bond donors (Lipinski definition) is 4. The second-order valence-electron chi connectivity index (χ2n) is 11.7. The molecule has 0 aliphatic heterocycles. The van der Waals surface area contributed by atoms with Gasteiger partial charge < -0.3 is 28.4 Å². The Bertz CT molecular complexity index is 2140. The summed E-state index contributed by atoms with van der Waals surface area (Å²) in [7, 11) is 0. The zero-order valence-electron chi connectivity index (χ0n) is 28.7. The fraction of sp³-hybridized carbons (Fsp3) is 0. The van der Waals surface area contributed by atoms with Crippen LogP contribution in [-0.2, 0) is 0 Å². The lowest BCUT2D eigenvalue weighted by molar-refractivity contribution is -0.482. The molecule has 6 aromatic carbocycles. The van der Waals surface area contributed by atoms with Crippen molar-refractivity contribution in [2.45, 2.75) is 0 Å². The molecule has 8 nitrogen and oxygen atoms in total. The van der Waals surface area contributed by atoms with Gasteiger partial charge >= 0.3 is 0 Å². The van der Waals surface area contributed by atoms with Crippen molar-refractivity contribution in [3.05, 3.63) is 195 Å². The highest BCUT2D eigenvalue weighted by Crippen LogP contribution is 2.32. The van der Waals surface area contributed by atoms with Crippen LogP contribution in [0.25, 0.3) is 22.3 Å². The second-order valence-corrected chi connectivity index (χ2v) is 11.7. The zero-order valence-corrected chi connectivity index (χ0v) is 29.5. The van der Waals surface area contributed by atoms with Crippen molar-refractivity contribution in [3.8, 4) is 22.3 Å². The van der Waals surface area contributed by atoms with Crippen LogP contribution in [0.15, 0.2) is 195 Å². The predicted octanol–water partition coefficient (Wildman–Crippen LogP) is 7.05. The minimum Gasteiger partial charge on any atom is -1.00 e. The van der Waals surface area contributed by atoms with Gasteiger partial charge in [-0.15, -0.1) is 0 Å². The van der Waals surface area contributed by atoms with Crippen LogP contribution in [-0.4, -0.2) is 19.9 Å². The number of nitrogens with two attached hydrogens (primary N) is 1. The predicted molar refractivity (Wildman–Crippen MR) is 212 cm³/mol. The van der Waals surface area contributed by atoms with E-state index in [4.69, 9.17) is 0 Å². The molecular weight excluding hydrogens is 676 g/mol. The molecule has 53 heavy (non-hydrogen) atoms. The Balaban J connectivity index is 0.000000178. The molecule has 8 aromatic rings. The number of rotatable bonds is 10. The van der Waals surface area contributed by atoms with Gasteiger partial charge in [0, 0.05) is 46.8 Å². The van der Waals surface area contributed by atoms with Crippen LogP contribution in [0, 0.1) is 0 Å². The molecule has 0 atom stereocenters. The van der Waals surface area contributed by atoms with Crippen LogP contribution in [0.3, 0.4) is 0 Å². The Labute approximate surface area is 315 Å². The summed E-state index contributed by atoms with van der Waals surface area (Å²) in [6.07, 6.45) is 6.78.